The molecular weight excluding hydrogens is 653 g/mol. The van der Waals surface area contributed by atoms with E-state index in [-0.39, 0.29) is 5.41 Å². The van der Waals surface area contributed by atoms with Crippen LogP contribution in [0.5, 0.6) is 0 Å². The number of anilines is 3. The minimum Gasteiger partial charge on any atom is -0.310 e. The lowest BCUT2D eigenvalue weighted by Gasteiger charge is -2.29. The van der Waals surface area contributed by atoms with E-state index in [2.05, 4.69) is 193 Å². The van der Waals surface area contributed by atoms with Crippen molar-refractivity contribution in [2.75, 3.05) is 4.90 Å². The lowest BCUT2D eigenvalue weighted by molar-refractivity contribution is 0.575. The molecule has 1 heterocycles. The fourth-order valence-corrected chi connectivity index (χ4v) is 9.57. The van der Waals surface area contributed by atoms with Gasteiger partial charge in [-0.2, -0.15) is 0 Å². The highest BCUT2D eigenvalue weighted by Crippen LogP contribution is 2.54. The SMILES string of the molecule is CC1(C)C2=C(CCCC2)c2cccc(-c3ccc(N(c4cccc(-c5ccccc5)c4)c4ccc5c(c4)c4ccccc4n5C4=CCC=CC=C4)cc3)c21. The molecule has 7 aromatic rings. The van der Waals surface area contributed by atoms with E-state index < -0.39 is 0 Å². The molecule has 0 radical (unpaired) electrons. The highest BCUT2D eigenvalue weighted by Gasteiger charge is 2.40. The normalized spacial score (nSPS) is 16.0. The van der Waals surface area contributed by atoms with Crippen LogP contribution in [0.4, 0.5) is 17.1 Å². The van der Waals surface area contributed by atoms with Crippen LogP contribution in [0.25, 0.3) is 55.3 Å². The van der Waals surface area contributed by atoms with Crippen LogP contribution < -0.4 is 4.90 Å². The summed E-state index contributed by atoms with van der Waals surface area (Å²) in [6, 6.07) is 51.8. The molecule has 0 saturated heterocycles. The minimum absolute atomic E-state index is 0.0535. The van der Waals surface area contributed by atoms with E-state index in [9.17, 15) is 0 Å². The van der Waals surface area contributed by atoms with E-state index in [0.29, 0.717) is 0 Å². The first kappa shape index (κ1) is 32.5. The molecule has 10 rings (SSSR count). The third-order valence-corrected chi connectivity index (χ3v) is 12.0. The summed E-state index contributed by atoms with van der Waals surface area (Å²) in [6.45, 7) is 4.90. The van der Waals surface area contributed by atoms with Gasteiger partial charge in [-0.05, 0) is 126 Å². The maximum atomic E-state index is 2.45. The Morgan fingerprint density at radius 3 is 2.17 bits per heavy atom. The Balaban J connectivity index is 1.12. The Morgan fingerprint density at radius 1 is 0.556 bits per heavy atom. The summed E-state index contributed by atoms with van der Waals surface area (Å²) < 4.78 is 2.42. The molecule has 0 fully saturated rings. The van der Waals surface area contributed by atoms with E-state index in [1.165, 1.54) is 86.6 Å². The monoisotopic (exact) mass is 696 g/mol. The number of hydrogen-bond donors (Lipinski definition) is 0. The van der Waals surface area contributed by atoms with Gasteiger partial charge in [0.1, 0.15) is 0 Å². The summed E-state index contributed by atoms with van der Waals surface area (Å²) in [6.07, 6.45) is 17.0. The first-order valence-electron chi connectivity index (χ1n) is 19.6. The van der Waals surface area contributed by atoms with Crippen molar-refractivity contribution in [2.45, 2.75) is 51.4 Å². The predicted octanol–water partition coefficient (Wildman–Crippen LogP) is 14.6. The molecule has 262 valence electrons. The second kappa shape index (κ2) is 13.1. The molecule has 0 atom stereocenters. The van der Waals surface area contributed by atoms with Gasteiger partial charge in [0.25, 0.3) is 0 Å². The van der Waals surface area contributed by atoms with E-state index in [1.807, 2.05) is 0 Å². The summed E-state index contributed by atoms with van der Waals surface area (Å²) in [5.41, 5.74) is 18.4. The van der Waals surface area contributed by atoms with Gasteiger partial charge in [0.15, 0.2) is 0 Å². The topological polar surface area (TPSA) is 8.17 Å². The number of benzene rings is 6. The van der Waals surface area contributed by atoms with Crippen LogP contribution >= 0.6 is 0 Å². The van der Waals surface area contributed by atoms with Crippen LogP contribution in [0.3, 0.4) is 0 Å². The van der Waals surface area contributed by atoms with Gasteiger partial charge in [0, 0.05) is 38.9 Å². The number of rotatable bonds is 6. The summed E-state index contributed by atoms with van der Waals surface area (Å²) in [5.74, 6) is 0. The van der Waals surface area contributed by atoms with Gasteiger partial charge < -0.3 is 9.47 Å². The second-order valence-electron chi connectivity index (χ2n) is 15.5. The van der Waals surface area contributed by atoms with Crippen molar-refractivity contribution >= 4 is 50.1 Å². The molecule has 2 heteroatoms. The quantitative estimate of drug-likeness (QED) is 0.168. The molecule has 0 spiro atoms. The maximum absolute atomic E-state index is 2.45. The van der Waals surface area contributed by atoms with Gasteiger partial charge in [-0.3, -0.25) is 0 Å². The Hall–Kier alpha value is -6.12. The Kier molecular flexibility index (Phi) is 7.87. The summed E-state index contributed by atoms with van der Waals surface area (Å²) in [7, 11) is 0. The maximum Gasteiger partial charge on any atom is 0.0542 e. The fourth-order valence-electron chi connectivity index (χ4n) is 9.57. The summed E-state index contributed by atoms with van der Waals surface area (Å²) in [5, 5.41) is 2.50. The largest absolute Gasteiger partial charge is 0.310 e. The van der Waals surface area contributed by atoms with Gasteiger partial charge in [0.2, 0.25) is 0 Å². The fraction of sp³-hybridized carbons (Fsp3) is 0.154. The summed E-state index contributed by atoms with van der Waals surface area (Å²) >= 11 is 0. The van der Waals surface area contributed by atoms with E-state index in [0.717, 1.165) is 23.5 Å². The van der Waals surface area contributed by atoms with Crippen LogP contribution in [0, 0.1) is 0 Å². The van der Waals surface area contributed by atoms with E-state index >= 15 is 0 Å². The van der Waals surface area contributed by atoms with E-state index in [4.69, 9.17) is 0 Å². The van der Waals surface area contributed by atoms with Crippen LogP contribution in [0.1, 0.15) is 57.1 Å². The molecule has 6 aromatic carbocycles. The average molecular weight is 697 g/mol. The molecule has 0 amide bonds. The van der Waals surface area contributed by atoms with Crippen LogP contribution in [0.15, 0.2) is 175 Å². The Labute approximate surface area is 318 Å². The van der Waals surface area contributed by atoms with Gasteiger partial charge in [-0.25, -0.2) is 0 Å². The summed E-state index contributed by atoms with van der Waals surface area (Å²) in [4.78, 5) is 2.43. The van der Waals surface area contributed by atoms with Crippen LogP contribution in [-0.4, -0.2) is 4.57 Å². The van der Waals surface area contributed by atoms with Crippen molar-refractivity contribution < 1.29 is 0 Å². The van der Waals surface area contributed by atoms with Crippen LogP contribution in [0.2, 0.25) is 0 Å². The highest BCUT2D eigenvalue weighted by atomic mass is 15.1. The van der Waals surface area contributed by atoms with Crippen LogP contribution in [-0.2, 0) is 5.41 Å². The Bertz CT molecular complexity index is 2700. The van der Waals surface area contributed by atoms with Crippen molar-refractivity contribution in [1.82, 2.24) is 4.57 Å². The van der Waals surface area contributed by atoms with Crippen molar-refractivity contribution in [2.24, 2.45) is 0 Å². The van der Waals surface area contributed by atoms with Crippen molar-refractivity contribution in [1.29, 1.82) is 0 Å². The van der Waals surface area contributed by atoms with E-state index in [1.54, 1.807) is 11.1 Å². The molecule has 0 unspecified atom stereocenters. The number of allylic oxidation sites excluding steroid dienone is 8. The average Bonchev–Trinajstić information content (AvgIpc) is 3.49. The molecule has 1 aromatic heterocycles. The van der Waals surface area contributed by atoms with Crippen molar-refractivity contribution in [3.8, 4) is 22.3 Å². The second-order valence-corrected chi connectivity index (χ2v) is 15.5. The standard InChI is InChI=1S/C52H44N2/c1-52(2)48-26-12-10-22-44(48)46-25-15-24-43(51(46)52)37-28-30-40(31-29-37)53(41-21-14-18-38(34-41)36-16-6-5-7-17-36)42-32-33-50-47(35-42)45-23-11-13-27-49(45)54(50)39-19-8-3-4-9-20-39/h3-8,11,13-21,23-25,27-35H,9-10,12,22,26H2,1-2H3. The lowest BCUT2D eigenvalue weighted by Crippen LogP contribution is -2.19. The number of fused-ring (bicyclic) bond motifs is 5. The molecule has 0 aliphatic heterocycles. The third kappa shape index (κ3) is 5.31. The number of nitrogens with zero attached hydrogens (tertiary/aromatic N) is 2. The molecule has 3 aliphatic rings. The molecule has 2 nitrogen and oxygen atoms in total. The predicted molar refractivity (Wildman–Crippen MR) is 231 cm³/mol. The highest BCUT2D eigenvalue weighted by molar-refractivity contribution is 6.12. The van der Waals surface area contributed by atoms with Gasteiger partial charge in [-0.1, -0.05) is 135 Å². The Morgan fingerprint density at radius 2 is 1.28 bits per heavy atom. The first-order chi connectivity index (χ1) is 26.6. The zero-order chi connectivity index (χ0) is 36.2. The molecular formula is C52H44N2. The molecule has 3 aliphatic carbocycles. The molecule has 0 bridgehead atoms. The zero-order valence-electron chi connectivity index (χ0n) is 31.1. The zero-order valence-corrected chi connectivity index (χ0v) is 31.1. The van der Waals surface area contributed by atoms with Crippen molar-refractivity contribution in [3.63, 3.8) is 0 Å². The lowest BCUT2D eigenvalue weighted by atomic mass is 9.75. The van der Waals surface area contributed by atoms with Crippen molar-refractivity contribution in [3.05, 3.63) is 187 Å². The minimum atomic E-state index is 0.0535. The number of para-hydroxylation sites is 1. The smallest absolute Gasteiger partial charge is 0.0542 e. The molecule has 0 N–H and O–H groups in total. The van der Waals surface area contributed by atoms with Gasteiger partial charge in [0.05, 0.1) is 11.0 Å². The first-order valence-corrected chi connectivity index (χ1v) is 19.6. The third-order valence-electron chi connectivity index (χ3n) is 12.0. The number of aromatic nitrogens is 1. The van der Waals surface area contributed by atoms with Gasteiger partial charge in [-0.15, -0.1) is 0 Å². The number of hydrogen-bond acceptors (Lipinski definition) is 1. The van der Waals surface area contributed by atoms with Gasteiger partial charge >= 0.3 is 0 Å². The molecule has 0 saturated carbocycles. The molecule has 54 heavy (non-hydrogen) atoms.